The van der Waals surface area contributed by atoms with Gasteiger partial charge in [-0.15, -0.1) is 11.3 Å². The predicted octanol–water partition coefficient (Wildman–Crippen LogP) is 3.86. The van der Waals surface area contributed by atoms with Gasteiger partial charge in [-0.2, -0.15) is 0 Å². The maximum Gasteiger partial charge on any atom is 0.178 e. The third-order valence-electron chi connectivity index (χ3n) is 2.37. The van der Waals surface area contributed by atoms with Crippen molar-refractivity contribution in [1.82, 2.24) is 5.16 Å². The number of hydrogen-bond acceptors (Lipinski definition) is 3. The molecule has 2 aromatic heterocycles. The number of thiophene rings is 1. The Bertz CT molecular complexity index is 609. The highest BCUT2D eigenvalue weighted by atomic mass is 32.1. The minimum Gasteiger partial charge on any atom is -0.355 e. The summed E-state index contributed by atoms with van der Waals surface area (Å²) in [4.78, 5) is 0. The summed E-state index contributed by atoms with van der Waals surface area (Å²) in [5, 5.41) is 6.13. The number of aromatic nitrogens is 1. The summed E-state index contributed by atoms with van der Waals surface area (Å²) in [6, 6.07) is 10.3. The van der Waals surface area contributed by atoms with Gasteiger partial charge >= 0.3 is 0 Å². The number of hydrogen-bond donors (Lipinski definition) is 0. The quantitative estimate of drug-likeness (QED) is 0.616. The van der Waals surface area contributed by atoms with Crippen LogP contribution in [0.5, 0.6) is 0 Å². The zero-order valence-corrected chi connectivity index (χ0v) is 9.04. The standard InChI is InChI=1S/C12H9NOS/c1-8-3-2-4-9(7-8)11-12-10(14-13-11)5-6-15-12/h2-7H,1H3. The van der Waals surface area contributed by atoms with Crippen LogP contribution in [0.3, 0.4) is 0 Å². The molecule has 2 heterocycles. The van der Waals surface area contributed by atoms with Crippen LogP contribution in [-0.2, 0) is 0 Å². The minimum absolute atomic E-state index is 0.872. The second-order valence-electron chi connectivity index (χ2n) is 3.51. The van der Waals surface area contributed by atoms with Crippen LogP contribution in [-0.4, -0.2) is 5.16 Å². The molecule has 3 aromatic rings. The molecule has 0 saturated carbocycles. The van der Waals surface area contributed by atoms with Gasteiger partial charge in [0.2, 0.25) is 0 Å². The van der Waals surface area contributed by atoms with Crippen LogP contribution in [0, 0.1) is 6.92 Å². The van der Waals surface area contributed by atoms with Gasteiger partial charge in [0.25, 0.3) is 0 Å². The van der Waals surface area contributed by atoms with Gasteiger partial charge in [-0.05, 0) is 24.4 Å². The van der Waals surface area contributed by atoms with E-state index >= 15 is 0 Å². The van der Waals surface area contributed by atoms with Crippen LogP contribution in [0.4, 0.5) is 0 Å². The zero-order valence-electron chi connectivity index (χ0n) is 8.23. The topological polar surface area (TPSA) is 26.0 Å². The Balaban J connectivity index is 2.26. The van der Waals surface area contributed by atoms with Crippen molar-refractivity contribution in [2.45, 2.75) is 6.92 Å². The molecule has 0 radical (unpaired) electrons. The molecule has 0 aliphatic heterocycles. The van der Waals surface area contributed by atoms with E-state index in [2.05, 4.69) is 30.3 Å². The number of aryl methyl sites for hydroxylation is 1. The highest BCUT2D eigenvalue weighted by Crippen LogP contribution is 2.31. The molecular weight excluding hydrogens is 206 g/mol. The van der Waals surface area contributed by atoms with E-state index in [1.165, 1.54) is 5.56 Å². The van der Waals surface area contributed by atoms with Crippen molar-refractivity contribution >= 4 is 21.6 Å². The predicted molar refractivity (Wildman–Crippen MR) is 62.1 cm³/mol. The molecule has 0 aliphatic rings. The first-order valence-electron chi connectivity index (χ1n) is 4.74. The third-order valence-corrected chi connectivity index (χ3v) is 3.27. The Morgan fingerprint density at radius 1 is 1.27 bits per heavy atom. The van der Waals surface area contributed by atoms with E-state index in [0.29, 0.717) is 0 Å². The van der Waals surface area contributed by atoms with Crippen molar-refractivity contribution in [1.29, 1.82) is 0 Å². The Labute approximate surface area is 91.1 Å². The average molecular weight is 215 g/mol. The summed E-state index contributed by atoms with van der Waals surface area (Å²) < 4.78 is 6.37. The highest BCUT2D eigenvalue weighted by molar-refractivity contribution is 7.17. The molecule has 74 valence electrons. The first-order chi connectivity index (χ1) is 7.34. The summed E-state index contributed by atoms with van der Waals surface area (Å²) in [5.74, 6) is 0. The fourth-order valence-electron chi connectivity index (χ4n) is 1.65. The average Bonchev–Trinajstić information content (AvgIpc) is 2.77. The smallest absolute Gasteiger partial charge is 0.178 e. The van der Waals surface area contributed by atoms with Crippen LogP contribution in [0.15, 0.2) is 40.2 Å². The molecule has 0 saturated heterocycles. The summed E-state index contributed by atoms with van der Waals surface area (Å²) >= 11 is 1.67. The van der Waals surface area contributed by atoms with E-state index in [4.69, 9.17) is 4.52 Å². The molecule has 0 unspecified atom stereocenters. The molecule has 0 bridgehead atoms. The molecule has 0 amide bonds. The molecular formula is C12H9NOS. The monoisotopic (exact) mass is 215 g/mol. The van der Waals surface area contributed by atoms with Gasteiger partial charge in [0, 0.05) is 5.56 Å². The summed E-state index contributed by atoms with van der Waals surface area (Å²) in [5.41, 5.74) is 4.18. The molecule has 3 rings (SSSR count). The van der Waals surface area contributed by atoms with Gasteiger partial charge in [-0.3, -0.25) is 0 Å². The van der Waals surface area contributed by atoms with Crippen molar-refractivity contribution in [3.8, 4) is 11.3 Å². The number of rotatable bonds is 1. The maximum atomic E-state index is 5.24. The van der Waals surface area contributed by atoms with Gasteiger partial charge < -0.3 is 4.52 Å². The Morgan fingerprint density at radius 2 is 2.20 bits per heavy atom. The van der Waals surface area contributed by atoms with Crippen molar-refractivity contribution in [3.63, 3.8) is 0 Å². The third kappa shape index (κ3) is 1.36. The van der Waals surface area contributed by atoms with Crippen molar-refractivity contribution in [3.05, 3.63) is 41.3 Å². The first kappa shape index (κ1) is 8.68. The Hall–Kier alpha value is -1.61. The van der Waals surface area contributed by atoms with E-state index < -0.39 is 0 Å². The van der Waals surface area contributed by atoms with Gasteiger partial charge in [-0.25, -0.2) is 0 Å². The summed E-state index contributed by atoms with van der Waals surface area (Å²) in [7, 11) is 0. The minimum atomic E-state index is 0.872. The van der Waals surface area contributed by atoms with E-state index in [9.17, 15) is 0 Å². The van der Waals surface area contributed by atoms with E-state index in [-0.39, 0.29) is 0 Å². The molecule has 0 spiro atoms. The normalized spacial score (nSPS) is 11.0. The Kier molecular flexibility index (Phi) is 1.86. The van der Waals surface area contributed by atoms with Crippen LogP contribution in [0.2, 0.25) is 0 Å². The van der Waals surface area contributed by atoms with Crippen molar-refractivity contribution < 1.29 is 4.52 Å². The second kappa shape index (κ2) is 3.21. The fraction of sp³-hybridized carbons (Fsp3) is 0.0833. The summed E-state index contributed by atoms with van der Waals surface area (Å²) in [6.45, 7) is 2.08. The Morgan fingerprint density at radius 3 is 3.07 bits per heavy atom. The molecule has 0 N–H and O–H groups in total. The van der Waals surface area contributed by atoms with Gasteiger partial charge in [0.1, 0.15) is 10.4 Å². The van der Waals surface area contributed by atoms with Crippen LogP contribution >= 0.6 is 11.3 Å². The van der Waals surface area contributed by atoms with E-state index in [1.54, 1.807) is 11.3 Å². The SMILES string of the molecule is Cc1cccc(-c2noc3ccsc23)c1. The molecule has 1 aromatic carbocycles. The molecule has 0 fully saturated rings. The zero-order chi connectivity index (χ0) is 10.3. The second-order valence-corrected chi connectivity index (χ2v) is 4.43. The highest BCUT2D eigenvalue weighted by Gasteiger charge is 2.10. The molecule has 0 aliphatic carbocycles. The van der Waals surface area contributed by atoms with Crippen molar-refractivity contribution in [2.24, 2.45) is 0 Å². The number of fused-ring (bicyclic) bond motifs is 1. The number of nitrogens with zero attached hydrogens (tertiary/aromatic N) is 1. The lowest BCUT2D eigenvalue weighted by Crippen LogP contribution is -1.78. The van der Waals surface area contributed by atoms with Crippen molar-refractivity contribution in [2.75, 3.05) is 0 Å². The van der Waals surface area contributed by atoms with E-state index in [0.717, 1.165) is 21.5 Å². The largest absolute Gasteiger partial charge is 0.355 e. The lowest BCUT2D eigenvalue weighted by molar-refractivity contribution is 0.459. The van der Waals surface area contributed by atoms with Gasteiger partial charge in [0.05, 0.1) is 0 Å². The fourth-order valence-corrected chi connectivity index (χ4v) is 2.47. The molecule has 0 atom stereocenters. The van der Waals surface area contributed by atoms with Gasteiger partial charge in [-0.1, -0.05) is 28.9 Å². The van der Waals surface area contributed by atoms with Gasteiger partial charge in [0.15, 0.2) is 5.58 Å². The molecule has 2 nitrogen and oxygen atoms in total. The first-order valence-corrected chi connectivity index (χ1v) is 5.62. The lowest BCUT2D eigenvalue weighted by atomic mass is 10.1. The maximum absolute atomic E-state index is 5.24. The molecule has 15 heavy (non-hydrogen) atoms. The van der Waals surface area contributed by atoms with Crippen LogP contribution in [0.1, 0.15) is 5.56 Å². The lowest BCUT2D eigenvalue weighted by Gasteiger charge is -1.96. The van der Waals surface area contributed by atoms with Crippen LogP contribution < -0.4 is 0 Å². The summed E-state index contributed by atoms with van der Waals surface area (Å²) in [6.07, 6.45) is 0. The molecule has 3 heteroatoms. The number of benzene rings is 1. The van der Waals surface area contributed by atoms with Crippen LogP contribution in [0.25, 0.3) is 21.5 Å². The van der Waals surface area contributed by atoms with E-state index in [1.807, 2.05) is 17.5 Å².